The van der Waals surface area contributed by atoms with Gasteiger partial charge in [-0.05, 0) is 8.42 Å². The van der Waals surface area contributed by atoms with E-state index in [4.69, 9.17) is 5.50 Å². The minimum Gasteiger partial charge on any atom is -0.344 e. The molecule has 0 aliphatic carbocycles. The van der Waals surface area contributed by atoms with Crippen LogP contribution in [0.1, 0.15) is 0 Å². The lowest BCUT2D eigenvalue weighted by molar-refractivity contribution is 2.05. The van der Waals surface area contributed by atoms with Gasteiger partial charge in [0.25, 0.3) is 0 Å². The predicted molar refractivity (Wildman–Crippen MR) is 27.2 cm³/mol. The van der Waals surface area contributed by atoms with Crippen LogP contribution in [-0.4, -0.2) is 0 Å². The number of hydrogen-bond acceptors (Lipinski definition) is 2. The van der Waals surface area contributed by atoms with Crippen molar-refractivity contribution >= 4 is 17.3 Å². The van der Waals surface area contributed by atoms with Crippen molar-refractivity contribution in [3.8, 4) is 0 Å². The number of hydrogen-bond donors (Lipinski definition) is 2. The first kappa shape index (κ1) is 8.84. The van der Waals surface area contributed by atoms with Gasteiger partial charge in [0.05, 0.1) is 0 Å². The van der Waals surface area contributed by atoms with Crippen molar-refractivity contribution in [2.75, 3.05) is 0 Å². The van der Waals surface area contributed by atoms with Crippen molar-refractivity contribution in [2.24, 2.45) is 5.50 Å². The van der Waals surface area contributed by atoms with E-state index in [-0.39, 0.29) is 6.15 Å². The van der Waals surface area contributed by atoms with E-state index in [0.29, 0.717) is 8.42 Å². The molecule has 2 atom stereocenters. The second-order valence-corrected chi connectivity index (χ2v) is 1.50. The van der Waals surface area contributed by atoms with Crippen LogP contribution in [0.3, 0.4) is 0 Å². The monoisotopic (exact) mass is 98.0 g/mol. The maximum absolute atomic E-state index is 4.84. The maximum Gasteiger partial charge on any atom is -0.0376 e. The Kier molecular flexibility index (Phi) is 20.4. The van der Waals surface area contributed by atoms with Crippen molar-refractivity contribution in [3.63, 3.8) is 0 Å². The Morgan fingerprint density at radius 3 is 1.75 bits per heavy atom. The zero-order valence-electron chi connectivity index (χ0n) is 2.36. The van der Waals surface area contributed by atoms with Crippen molar-refractivity contribution in [3.05, 3.63) is 0 Å². The van der Waals surface area contributed by atoms with Gasteiger partial charge in [-0.1, -0.05) is 8.93 Å². The van der Waals surface area contributed by atoms with Gasteiger partial charge in [0, 0.05) is 0 Å². The standard InChI is InChI=1S/H5NP2.H3N/c1-3-2;/h3H,1-2H2;1H3. The van der Waals surface area contributed by atoms with E-state index in [1.165, 1.54) is 0 Å². The largest absolute Gasteiger partial charge is 0.344 e. The molecule has 5 N–H and O–H groups in total. The summed E-state index contributed by atoms with van der Waals surface area (Å²) in [5.41, 5.74) is 4.84. The smallest absolute Gasteiger partial charge is 0.0376 e. The molecule has 0 rings (SSSR count). The predicted octanol–water partition coefficient (Wildman–Crippen LogP) is 0.491. The average molecular weight is 98.0 g/mol. The molecule has 0 spiro atoms. The maximum atomic E-state index is 4.84. The van der Waals surface area contributed by atoms with Gasteiger partial charge in [0.2, 0.25) is 0 Å². The Morgan fingerprint density at radius 1 is 1.75 bits per heavy atom. The van der Waals surface area contributed by atoms with Crippen LogP contribution < -0.4 is 11.7 Å². The van der Waals surface area contributed by atoms with Crippen LogP contribution in [0.4, 0.5) is 0 Å². The molecular weight excluding hydrogens is 90.0 g/mol. The lowest BCUT2D eigenvalue weighted by Crippen LogP contribution is -1.53. The first-order valence-corrected chi connectivity index (χ1v) is 3.46. The molecule has 0 saturated carbocycles. The van der Waals surface area contributed by atoms with Crippen LogP contribution in [0.15, 0.2) is 0 Å². The zero-order chi connectivity index (χ0) is 2.71. The van der Waals surface area contributed by atoms with Gasteiger partial charge in [0.15, 0.2) is 0 Å². The molecule has 0 aliphatic heterocycles. The Hall–Kier alpha value is 0.780. The fourth-order valence-electron chi connectivity index (χ4n) is 0. The second-order valence-electron chi connectivity index (χ2n) is 0.167. The Bertz CT molecular complexity index is 4.00. The molecule has 0 aromatic rings. The lowest BCUT2D eigenvalue weighted by Gasteiger charge is -1.54. The molecule has 0 radical (unpaired) electrons. The molecule has 0 amide bonds. The van der Waals surface area contributed by atoms with E-state index in [0.717, 1.165) is 0 Å². The highest BCUT2D eigenvalue weighted by Gasteiger charge is 1.30. The molecule has 28 valence electrons. The van der Waals surface area contributed by atoms with Gasteiger partial charge in [0.1, 0.15) is 0 Å². The highest BCUT2D eigenvalue weighted by Crippen LogP contribution is 2.04. The summed E-state index contributed by atoms with van der Waals surface area (Å²) in [5, 5.41) is 0. The Labute approximate surface area is 30.0 Å². The minimum absolute atomic E-state index is 0. The van der Waals surface area contributed by atoms with Crippen LogP contribution in [0, 0.1) is 0 Å². The summed E-state index contributed by atoms with van der Waals surface area (Å²) < 4.78 is 0. The summed E-state index contributed by atoms with van der Waals surface area (Å²) >= 11 is 0. The van der Waals surface area contributed by atoms with Gasteiger partial charge >= 0.3 is 0 Å². The first-order valence-electron chi connectivity index (χ1n) is 0.577. The van der Waals surface area contributed by atoms with Gasteiger partial charge in [-0.3, -0.25) is 0 Å². The summed E-state index contributed by atoms with van der Waals surface area (Å²) in [6.45, 7) is 0. The summed E-state index contributed by atoms with van der Waals surface area (Å²) in [6.07, 6.45) is 0. The Morgan fingerprint density at radius 2 is 1.75 bits per heavy atom. The van der Waals surface area contributed by atoms with Crippen molar-refractivity contribution < 1.29 is 0 Å². The van der Waals surface area contributed by atoms with E-state index in [1.54, 1.807) is 0 Å². The summed E-state index contributed by atoms with van der Waals surface area (Å²) in [6, 6.07) is 0. The van der Waals surface area contributed by atoms with E-state index in [2.05, 4.69) is 8.93 Å². The molecule has 0 aliphatic rings. The fraction of sp³-hybridized carbons (Fsp3) is 0. The quantitative estimate of drug-likeness (QED) is 0.433. The SMILES string of the molecule is N.NPP. The van der Waals surface area contributed by atoms with Crippen molar-refractivity contribution in [2.45, 2.75) is 0 Å². The van der Waals surface area contributed by atoms with Crippen molar-refractivity contribution in [1.82, 2.24) is 6.15 Å². The third-order valence-electron chi connectivity index (χ3n) is 0. The van der Waals surface area contributed by atoms with Crippen LogP contribution >= 0.6 is 17.3 Å². The second kappa shape index (κ2) is 9.22. The molecule has 0 saturated heterocycles. The molecule has 0 aromatic heterocycles. The third kappa shape index (κ3) is 14.5. The van der Waals surface area contributed by atoms with E-state index in [1.807, 2.05) is 0 Å². The summed E-state index contributed by atoms with van der Waals surface area (Å²) in [4.78, 5) is 0. The number of rotatable bonds is 0. The topological polar surface area (TPSA) is 61.0 Å². The van der Waals surface area contributed by atoms with Gasteiger partial charge < -0.3 is 11.7 Å². The van der Waals surface area contributed by atoms with Gasteiger partial charge in [-0.15, -0.1) is 0 Å². The molecule has 2 unspecified atom stereocenters. The molecule has 0 bridgehead atoms. The van der Waals surface area contributed by atoms with Crippen LogP contribution in [0.5, 0.6) is 0 Å². The summed E-state index contributed by atoms with van der Waals surface area (Å²) in [7, 11) is 2.88. The first-order chi connectivity index (χ1) is 1.41. The zero-order valence-corrected chi connectivity index (χ0v) is 4.52. The highest BCUT2D eigenvalue weighted by molar-refractivity contribution is 8.01. The summed E-state index contributed by atoms with van der Waals surface area (Å²) in [5.74, 6) is 0. The average Bonchev–Trinajstić information content (AvgIpc) is 0.918. The van der Waals surface area contributed by atoms with Crippen LogP contribution in [0.2, 0.25) is 0 Å². The van der Waals surface area contributed by atoms with Gasteiger partial charge in [-0.25, -0.2) is 0 Å². The molecule has 0 fully saturated rings. The molecule has 0 aromatic carbocycles. The van der Waals surface area contributed by atoms with E-state index in [9.17, 15) is 0 Å². The minimum atomic E-state index is 0. The highest BCUT2D eigenvalue weighted by atomic mass is 32.0. The third-order valence-corrected chi connectivity index (χ3v) is 0. The van der Waals surface area contributed by atoms with Gasteiger partial charge in [-0.2, -0.15) is 0 Å². The molecule has 0 heterocycles. The van der Waals surface area contributed by atoms with E-state index < -0.39 is 0 Å². The Balaban J connectivity index is 0. The van der Waals surface area contributed by atoms with Crippen LogP contribution in [0.25, 0.3) is 0 Å². The normalized spacial score (nSPS) is 7.50. The molecule has 2 nitrogen and oxygen atoms in total. The van der Waals surface area contributed by atoms with E-state index >= 15 is 0 Å². The molecule has 4 heteroatoms. The number of nitrogens with two attached hydrogens (primary N) is 1. The van der Waals surface area contributed by atoms with Crippen LogP contribution in [-0.2, 0) is 0 Å². The molecule has 4 heavy (non-hydrogen) atoms. The molecular formula is H8N2P2. The fourth-order valence-corrected chi connectivity index (χ4v) is 0. The van der Waals surface area contributed by atoms with Crippen molar-refractivity contribution in [1.29, 1.82) is 0 Å². The lowest BCUT2D eigenvalue weighted by atomic mass is 13.9.